The quantitative estimate of drug-likeness (QED) is 0.474. The van der Waals surface area contributed by atoms with E-state index in [4.69, 9.17) is 4.74 Å². The molecule has 8 nitrogen and oxygen atoms in total. The van der Waals surface area contributed by atoms with Crippen molar-refractivity contribution in [2.75, 3.05) is 31.6 Å². The predicted octanol–water partition coefficient (Wildman–Crippen LogP) is 3.26. The van der Waals surface area contributed by atoms with Crippen molar-refractivity contribution in [1.29, 1.82) is 0 Å². The summed E-state index contributed by atoms with van der Waals surface area (Å²) in [5.74, 6) is -0.862. The molecule has 2 aromatic carbocycles. The Morgan fingerprint density at radius 2 is 1.88 bits per heavy atom. The van der Waals surface area contributed by atoms with Gasteiger partial charge in [-0.25, -0.2) is 9.40 Å². The molecule has 1 aliphatic heterocycles. The molecule has 4 rings (SSSR count). The molecule has 0 radical (unpaired) electrons. The minimum absolute atomic E-state index is 0.00914. The molecule has 0 aliphatic carbocycles. The Labute approximate surface area is 198 Å². The third-order valence-corrected chi connectivity index (χ3v) is 6.21. The molecule has 0 unspecified atom stereocenters. The Morgan fingerprint density at radius 3 is 2.62 bits per heavy atom. The number of fused-ring (bicyclic) bond motifs is 2. The number of amides is 1. The number of aryl methyl sites for hydroxylation is 2. The number of esters is 1. The highest BCUT2D eigenvalue weighted by Crippen LogP contribution is 2.28. The maximum atomic E-state index is 13.6. The van der Waals surface area contributed by atoms with Gasteiger partial charge in [-0.1, -0.05) is 6.07 Å². The molecule has 0 N–H and O–H groups in total. The van der Waals surface area contributed by atoms with Crippen LogP contribution in [0.5, 0.6) is 0 Å². The Hall–Kier alpha value is -3.46. The van der Waals surface area contributed by atoms with Crippen LogP contribution in [-0.4, -0.2) is 58.4 Å². The molecule has 0 saturated carbocycles. The lowest BCUT2D eigenvalue weighted by Gasteiger charge is -2.31. The first-order valence-electron chi connectivity index (χ1n) is 11.5. The van der Waals surface area contributed by atoms with Crippen molar-refractivity contribution in [2.24, 2.45) is 0 Å². The van der Waals surface area contributed by atoms with E-state index in [1.807, 2.05) is 35.7 Å². The number of benzene rings is 2. The van der Waals surface area contributed by atoms with E-state index in [0.717, 1.165) is 39.8 Å². The van der Waals surface area contributed by atoms with Crippen molar-refractivity contribution < 1.29 is 18.7 Å². The summed E-state index contributed by atoms with van der Waals surface area (Å²) in [5, 5.41) is 8.78. The third kappa shape index (κ3) is 4.75. The molecule has 9 heteroatoms. The summed E-state index contributed by atoms with van der Waals surface area (Å²) >= 11 is 0. The summed E-state index contributed by atoms with van der Waals surface area (Å²) in [6.07, 6.45) is 1.79. The van der Waals surface area contributed by atoms with E-state index in [-0.39, 0.29) is 31.4 Å². The molecule has 0 spiro atoms. The Kier molecular flexibility index (Phi) is 6.83. The molecule has 2 heterocycles. The lowest BCUT2D eigenvalue weighted by Crippen LogP contribution is -2.47. The van der Waals surface area contributed by atoms with Crippen LogP contribution in [0.15, 0.2) is 36.5 Å². The number of aromatic nitrogens is 2. The minimum atomic E-state index is -0.397. The molecule has 1 aromatic heterocycles. The van der Waals surface area contributed by atoms with E-state index in [1.54, 1.807) is 36.1 Å². The monoisotopic (exact) mass is 467 g/mol. The molecule has 0 atom stereocenters. The summed E-state index contributed by atoms with van der Waals surface area (Å²) in [6.45, 7) is 7.68. The highest BCUT2D eigenvalue weighted by molar-refractivity contribution is 5.89. The number of ether oxygens (including phenoxy) is 1. The van der Waals surface area contributed by atoms with Crippen LogP contribution < -0.4 is 4.90 Å². The molecular formula is C25H30FN5O3. The molecule has 0 fully saturated rings. The van der Waals surface area contributed by atoms with E-state index in [9.17, 15) is 14.0 Å². The topological polar surface area (TPSA) is 70.9 Å². The SMILES string of the molecule is CCOC(=O)CN(CC(=O)N(C)N1Cc2ccc(F)cc2C1)c1cc2cnn(CC)c2cc1C. The number of carbonyl (C=O) groups is 2. The average molecular weight is 468 g/mol. The smallest absolute Gasteiger partial charge is 0.325 e. The van der Waals surface area contributed by atoms with Gasteiger partial charge in [0.2, 0.25) is 0 Å². The number of hydrazine groups is 1. The number of halogens is 1. The van der Waals surface area contributed by atoms with Gasteiger partial charge in [-0.3, -0.25) is 19.3 Å². The largest absolute Gasteiger partial charge is 0.465 e. The fourth-order valence-corrected chi connectivity index (χ4v) is 4.38. The molecule has 1 amide bonds. The third-order valence-electron chi connectivity index (χ3n) is 6.21. The van der Waals surface area contributed by atoms with Crippen molar-refractivity contribution in [1.82, 2.24) is 19.8 Å². The summed E-state index contributed by atoms with van der Waals surface area (Å²) in [6, 6.07) is 8.69. The van der Waals surface area contributed by atoms with Crippen LogP contribution in [0.4, 0.5) is 10.1 Å². The first kappa shape index (κ1) is 23.7. The van der Waals surface area contributed by atoms with E-state index < -0.39 is 5.97 Å². The molecule has 3 aromatic rings. The molecular weight excluding hydrogens is 437 g/mol. The standard InChI is InChI=1S/C25H30FN5O3/c1-5-31-23-9-17(3)22(11-19(23)12-27-31)29(16-25(33)34-6-2)15-24(32)28(4)30-13-18-7-8-21(26)10-20(18)14-30/h7-12H,5-6,13-16H2,1-4H3. The van der Waals surface area contributed by atoms with Gasteiger partial charge >= 0.3 is 5.97 Å². The van der Waals surface area contributed by atoms with Gasteiger partial charge in [0.1, 0.15) is 12.4 Å². The van der Waals surface area contributed by atoms with E-state index in [0.29, 0.717) is 13.1 Å². The summed E-state index contributed by atoms with van der Waals surface area (Å²) in [5.41, 5.74) is 4.59. The first-order chi connectivity index (χ1) is 16.3. The zero-order chi connectivity index (χ0) is 24.4. The molecule has 1 aliphatic rings. The van der Waals surface area contributed by atoms with E-state index in [1.165, 1.54) is 12.1 Å². The fourth-order valence-electron chi connectivity index (χ4n) is 4.38. The van der Waals surface area contributed by atoms with Crippen molar-refractivity contribution >= 4 is 28.5 Å². The average Bonchev–Trinajstić information content (AvgIpc) is 3.40. The van der Waals surface area contributed by atoms with Crippen LogP contribution in [0, 0.1) is 12.7 Å². The molecule has 0 bridgehead atoms. The minimum Gasteiger partial charge on any atom is -0.465 e. The molecule has 34 heavy (non-hydrogen) atoms. The molecule has 180 valence electrons. The normalized spacial score (nSPS) is 13.2. The van der Waals surface area contributed by atoms with Crippen LogP contribution >= 0.6 is 0 Å². The maximum absolute atomic E-state index is 13.6. The molecule has 0 saturated heterocycles. The predicted molar refractivity (Wildman–Crippen MR) is 127 cm³/mol. The number of nitrogens with zero attached hydrogens (tertiary/aromatic N) is 5. The fraction of sp³-hybridized carbons (Fsp3) is 0.400. The number of anilines is 1. The van der Waals surface area contributed by atoms with Gasteiger partial charge in [0.05, 0.1) is 24.9 Å². The maximum Gasteiger partial charge on any atom is 0.325 e. The summed E-state index contributed by atoms with van der Waals surface area (Å²) < 4.78 is 20.7. The van der Waals surface area contributed by atoms with Gasteiger partial charge in [-0.05, 0) is 61.7 Å². The van der Waals surface area contributed by atoms with Crippen molar-refractivity contribution in [3.8, 4) is 0 Å². The second kappa shape index (κ2) is 9.80. The van der Waals surface area contributed by atoms with Crippen LogP contribution in [0.1, 0.15) is 30.5 Å². The number of rotatable bonds is 8. The highest BCUT2D eigenvalue weighted by Gasteiger charge is 2.27. The number of likely N-dealkylation sites (N-methyl/N-ethyl adjacent to an activating group) is 1. The van der Waals surface area contributed by atoms with Crippen LogP contribution in [-0.2, 0) is 34.0 Å². The van der Waals surface area contributed by atoms with Crippen molar-refractivity contribution in [3.05, 3.63) is 59.0 Å². The highest BCUT2D eigenvalue weighted by atomic mass is 19.1. The van der Waals surface area contributed by atoms with Gasteiger partial charge in [0.15, 0.2) is 0 Å². The zero-order valence-corrected chi connectivity index (χ0v) is 20.0. The van der Waals surface area contributed by atoms with Crippen molar-refractivity contribution in [2.45, 2.75) is 40.4 Å². The lowest BCUT2D eigenvalue weighted by atomic mass is 10.1. The Balaban J connectivity index is 1.57. The van der Waals surface area contributed by atoms with Crippen molar-refractivity contribution in [3.63, 3.8) is 0 Å². The van der Waals surface area contributed by atoms with Crippen LogP contribution in [0.25, 0.3) is 10.9 Å². The van der Waals surface area contributed by atoms with Gasteiger partial charge in [-0.15, -0.1) is 0 Å². The Morgan fingerprint density at radius 1 is 1.12 bits per heavy atom. The Bertz CT molecular complexity index is 1220. The van der Waals surface area contributed by atoms with Crippen LogP contribution in [0.2, 0.25) is 0 Å². The van der Waals surface area contributed by atoms with Gasteiger partial charge < -0.3 is 9.64 Å². The summed E-state index contributed by atoms with van der Waals surface area (Å²) in [7, 11) is 1.70. The number of hydrogen-bond donors (Lipinski definition) is 0. The summed E-state index contributed by atoms with van der Waals surface area (Å²) in [4.78, 5) is 27.4. The second-order valence-corrected chi connectivity index (χ2v) is 8.47. The van der Waals surface area contributed by atoms with Gasteiger partial charge in [0.25, 0.3) is 5.91 Å². The van der Waals surface area contributed by atoms with Crippen LogP contribution in [0.3, 0.4) is 0 Å². The van der Waals surface area contributed by atoms with E-state index >= 15 is 0 Å². The number of carbonyl (C=O) groups excluding carboxylic acids is 2. The van der Waals surface area contributed by atoms with Gasteiger partial charge in [-0.2, -0.15) is 5.10 Å². The second-order valence-electron chi connectivity index (χ2n) is 8.47. The lowest BCUT2D eigenvalue weighted by molar-refractivity contribution is -0.145. The number of hydrogen-bond acceptors (Lipinski definition) is 6. The zero-order valence-electron chi connectivity index (χ0n) is 20.0. The van der Waals surface area contributed by atoms with Gasteiger partial charge in [0, 0.05) is 37.8 Å². The first-order valence-corrected chi connectivity index (χ1v) is 11.5. The van der Waals surface area contributed by atoms with E-state index in [2.05, 4.69) is 5.10 Å².